The van der Waals surface area contributed by atoms with Crippen LogP contribution >= 0.6 is 12.2 Å². The van der Waals surface area contributed by atoms with Crippen molar-refractivity contribution in [1.82, 2.24) is 14.7 Å². The Morgan fingerprint density at radius 2 is 1.50 bits per heavy atom. The Bertz CT molecular complexity index is 233. The number of thiocarbonyl (C=S) groups is 1. The molecule has 1 unspecified atom stereocenters. The molecule has 0 spiro atoms. The van der Waals surface area contributed by atoms with Crippen LogP contribution in [0.25, 0.3) is 0 Å². The minimum Gasteiger partial charge on any atom is -0.355 e. The van der Waals surface area contributed by atoms with Crippen LogP contribution in [-0.4, -0.2) is 67.1 Å². The van der Waals surface area contributed by atoms with E-state index in [4.69, 9.17) is 12.2 Å². The number of amides is 1. The average molecular weight is 248 g/mol. The smallest absolute Gasteiger partial charge is 0.220 e. The first-order chi connectivity index (χ1) is 7.29. The van der Waals surface area contributed by atoms with Crippen molar-refractivity contribution in [2.75, 3.05) is 35.2 Å². The fourth-order valence-corrected chi connectivity index (χ4v) is 1.15. The number of rotatable bonds is 2. The summed E-state index contributed by atoms with van der Waals surface area (Å²) in [5, 5.41) is 0.714. The molecule has 0 radical (unpaired) electrons. The van der Waals surface area contributed by atoms with Crippen molar-refractivity contribution >= 4 is 23.2 Å². The van der Waals surface area contributed by atoms with E-state index in [1.807, 2.05) is 37.9 Å². The van der Waals surface area contributed by atoms with Gasteiger partial charge in [0.2, 0.25) is 5.91 Å². The number of carbonyl (C=O) groups is 1. The number of hydrogen-bond donors (Lipinski definition) is 1. The second-order valence-corrected chi connectivity index (χ2v) is 3.91. The van der Waals surface area contributed by atoms with E-state index >= 15 is 0 Å². The Kier molecular flexibility index (Phi) is 9.08. The van der Waals surface area contributed by atoms with Gasteiger partial charge < -0.3 is 20.4 Å². The zero-order valence-corrected chi connectivity index (χ0v) is 12.1. The zero-order chi connectivity index (χ0) is 13.5. The molecule has 0 saturated carbocycles. The van der Waals surface area contributed by atoms with Crippen molar-refractivity contribution in [3.05, 3.63) is 0 Å². The highest BCUT2D eigenvalue weighted by atomic mass is 32.1. The summed E-state index contributed by atoms with van der Waals surface area (Å²) in [7, 11) is 8.92. The van der Waals surface area contributed by atoms with Crippen LogP contribution in [0.2, 0.25) is 0 Å². The van der Waals surface area contributed by atoms with E-state index in [-0.39, 0.29) is 12.1 Å². The summed E-state index contributed by atoms with van der Waals surface area (Å²) < 4.78 is 0. The molecule has 1 atom stereocenters. The Labute approximate surface area is 104 Å². The van der Waals surface area contributed by atoms with Gasteiger partial charge in [-0.05, 0) is 26.2 Å². The van der Waals surface area contributed by atoms with Crippen molar-refractivity contribution in [3.63, 3.8) is 0 Å². The van der Waals surface area contributed by atoms with Crippen LogP contribution in [-0.2, 0) is 4.79 Å². The summed E-state index contributed by atoms with van der Waals surface area (Å²) in [5.41, 5.74) is 4.50. The standard InChI is InChI=1S/C9H19N3OS.CH5N/c1-7(11(5)8(2)13)12(6)9(14)10(3)4;1-2/h7H,1-6H3;2H2,1H3. The van der Waals surface area contributed by atoms with Gasteiger partial charge in [-0.25, -0.2) is 0 Å². The molecule has 6 heteroatoms. The molecule has 0 aromatic carbocycles. The van der Waals surface area contributed by atoms with E-state index in [0.29, 0.717) is 5.11 Å². The molecule has 2 N–H and O–H groups in total. The van der Waals surface area contributed by atoms with E-state index in [2.05, 4.69) is 5.73 Å². The summed E-state index contributed by atoms with van der Waals surface area (Å²) in [6.45, 7) is 3.49. The molecule has 5 nitrogen and oxygen atoms in total. The van der Waals surface area contributed by atoms with Gasteiger partial charge in [-0.2, -0.15) is 0 Å². The van der Waals surface area contributed by atoms with Crippen LogP contribution in [0.1, 0.15) is 13.8 Å². The van der Waals surface area contributed by atoms with Crippen LogP contribution in [0, 0.1) is 0 Å². The predicted octanol–water partition coefficient (Wildman–Crippen LogP) is 0.164. The zero-order valence-electron chi connectivity index (χ0n) is 11.3. The van der Waals surface area contributed by atoms with Crippen LogP contribution in [0.4, 0.5) is 0 Å². The largest absolute Gasteiger partial charge is 0.355 e. The Balaban J connectivity index is 0. The van der Waals surface area contributed by atoms with Gasteiger partial charge in [-0.3, -0.25) is 4.79 Å². The lowest BCUT2D eigenvalue weighted by Crippen LogP contribution is -2.50. The molecule has 0 aliphatic heterocycles. The number of carbonyl (C=O) groups excluding carboxylic acids is 1. The molecule has 0 aliphatic carbocycles. The third-order valence-electron chi connectivity index (χ3n) is 2.30. The first-order valence-corrected chi connectivity index (χ1v) is 5.45. The summed E-state index contributed by atoms with van der Waals surface area (Å²) in [5.74, 6) is 0.0332. The van der Waals surface area contributed by atoms with Gasteiger partial charge in [-0.1, -0.05) is 0 Å². The van der Waals surface area contributed by atoms with Gasteiger partial charge in [-0.15, -0.1) is 0 Å². The number of nitrogens with two attached hydrogens (primary N) is 1. The molecule has 0 heterocycles. The SMILES string of the molecule is CC(=O)N(C)C(C)N(C)C(=S)N(C)C.CN. The fraction of sp³-hybridized carbons (Fsp3) is 0.800. The minimum absolute atomic E-state index is 0.0256. The lowest BCUT2D eigenvalue weighted by molar-refractivity contribution is -0.131. The van der Waals surface area contributed by atoms with Crippen LogP contribution in [0.3, 0.4) is 0 Å². The molecular formula is C10H24N4OS. The van der Waals surface area contributed by atoms with Gasteiger partial charge in [0.1, 0.15) is 6.17 Å². The summed E-state index contributed by atoms with van der Waals surface area (Å²) in [6, 6.07) is 0. The molecule has 0 aliphatic rings. The topological polar surface area (TPSA) is 52.8 Å². The Hall–Kier alpha value is -0.880. The predicted molar refractivity (Wildman–Crippen MR) is 72.1 cm³/mol. The van der Waals surface area contributed by atoms with E-state index in [1.165, 1.54) is 7.05 Å². The second-order valence-electron chi connectivity index (χ2n) is 3.55. The Morgan fingerprint density at radius 1 is 1.12 bits per heavy atom. The monoisotopic (exact) mass is 248 g/mol. The number of hydrogen-bond acceptors (Lipinski definition) is 3. The number of nitrogens with zero attached hydrogens (tertiary/aromatic N) is 3. The fourth-order valence-electron chi connectivity index (χ4n) is 0.998. The first kappa shape index (κ1) is 17.5. The third-order valence-corrected chi connectivity index (χ3v) is 2.96. The van der Waals surface area contributed by atoms with Gasteiger partial charge in [0.05, 0.1) is 0 Å². The van der Waals surface area contributed by atoms with Gasteiger partial charge in [0.15, 0.2) is 5.11 Å². The molecule has 1 amide bonds. The highest BCUT2D eigenvalue weighted by Gasteiger charge is 2.19. The molecule has 0 rings (SSSR count). The van der Waals surface area contributed by atoms with Crippen molar-refractivity contribution < 1.29 is 4.79 Å². The molecule has 16 heavy (non-hydrogen) atoms. The maximum absolute atomic E-state index is 11.1. The molecule has 96 valence electrons. The van der Waals surface area contributed by atoms with E-state index in [1.54, 1.807) is 18.9 Å². The van der Waals surface area contributed by atoms with Gasteiger partial charge >= 0.3 is 0 Å². The molecule has 0 aromatic rings. The average Bonchev–Trinajstić information content (AvgIpc) is 2.27. The van der Waals surface area contributed by atoms with Crippen LogP contribution < -0.4 is 5.73 Å². The van der Waals surface area contributed by atoms with E-state index < -0.39 is 0 Å². The second kappa shape index (κ2) is 8.29. The van der Waals surface area contributed by atoms with Crippen LogP contribution in [0.5, 0.6) is 0 Å². The molecule has 0 fully saturated rings. The van der Waals surface area contributed by atoms with Gasteiger partial charge in [0, 0.05) is 35.1 Å². The maximum atomic E-state index is 11.1. The quantitative estimate of drug-likeness (QED) is 0.557. The normalized spacial score (nSPS) is 10.8. The highest BCUT2D eigenvalue weighted by Crippen LogP contribution is 2.04. The van der Waals surface area contributed by atoms with Crippen molar-refractivity contribution in [1.29, 1.82) is 0 Å². The van der Waals surface area contributed by atoms with Gasteiger partial charge in [0.25, 0.3) is 0 Å². The van der Waals surface area contributed by atoms with Crippen LogP contribution in [0.15, 0.2) is 0 Å². The first-order valence-electron chi connectivity index (χ1n) is 5.04. The molecule has 0 saturated heterocycles. The third kappa shape index (κ3) is 5.27. The lowest BCUT2D eigenvalue weighted by atomic mass is 10.4. The lowest BCUT2D eigenvalue weighted by Gasteiger charge is -2.35. The van der Waals surface area contributed by atoms with Crippen molar-refractivity contribution in [2.24, 2.45) is 5.73 Å². The Morgan fingerprint density at radius 3 is 1.75 bits per heavy atom. The van der Waals surface area contributed by atoms with Crippen molar-refractivity contribution in [2.45, 2.75) is 20.0 Å². The highest BCUT2D eigenvalue weighted by molar-refractivity contribution is 7.80. The summed E-state index contributed by atoms with van der Waals surface area (Å²) in [6.07, 6.45) is -0.0256. The molecule has 0 aromatic heterocycles. The minimum atomic E-state index is -0.0256. The maximum Gasteiger partial charge on any atom is 0.220 e. The summed E-state index contributed by atoms with van der Waals surface area (Å²) >= 11 is 5.20. The molecule has 0 bridgehead atoms. The van der Waals surface area contributed by atoms with E-state index in [0.717, 1.165) is 0 Å². The molecular weight excluding hydrogens is 224 g/mol. The van der Waals surface area contributed by atoms with Crippen molar-refractivity contribution in [3.8, 4) is 0 Å². The van der Waals surface area contributed by atoms with E-state index in [9.17, 15) is 4.79 Å². The summed E-state index contributed by atoms with van der Waals surface area (Å²) in [4.78, 5) is 16.5.